The fourth-order valence-electron chi connectivity index (χ4n) is 5.96. The molecule has 0 atom stereocenters. The Balaban J connectivity index is 1.55. The van der Waals surface area contributed by atoms with E-state index in [1.165, 1.54) is 5.56 Å². The lowest BCUT2D eigenvalue weighted by Crippen LogP contribution is -2.35. The van der Waals surface area contributed by atoms with Crippen LogP contribution in [0.25, 0.3) is 54.9 Å². The summed E-state index contributed by atoms with van der Waals surface area (Å²) in [5.74, 6) is 0.565. The molecule has 0 saturated carbocycles. The maximum atomic E-state index is 8.30. The Kier molecular flexibility index (Phi) is 3.69. The van der Waals surface area contributed by atoms with Crippen molar-refractivity contribution in [1.82, 2.24) is 9.97 Å². The molecule has 0 spiro atoms. The van der Waals surface area contributed by atoms with Gasteiger partial charge in [-0.15, -0.1) is 0 Å². The number of aryl methyl sites for hydroxylation is 1. The highest BCUT2D eigenvalue weighted by Gasteiger charge is 2.39. The highest BCUT2D eigenvalue weighted by molar-refractivity contribution is 6.18. The molecule has 6 aromatic rings. The fourth-order valence-corrected chi connectivity index (χ4v) is 5.96. The third kappa shape index (κ3) is 2.98. The minimum absolute atomic E-state index is 0.00602. The SMILES string of the molecule is [2H]C([2H])([2H])c1ccc(-c2ncc3c(n2)C(C)(C)CCC3(C)C)c2oc3cc4c(ccc5ccccc54)cc3c12. The van der Waals surface area contributed by atoms with Crippen LogP contribution in [0, 0.1) is 6.85 Å². The van der Waals surface area contributed by atoms with Crippen LogP contribution in [0.5, 0.6) is 0 Å². The molecular weight excluding hydrogens is 440 g/mol. The molecule has 36 heavy (non-hydrogen) atoms. The Hall–Kier alpha value is -3.72. The van der Waals surface area contributed by atoms with E-state index in [1.54, 1.807) is 6.07 Å². The highest BCUT2D eigenvalue weighted by atomic mass is 16.3. The topological polar surface area (TPSA) is 38.9 Å². The van der Waals surface area contributed by atoms with Gasteiger partial charge in [0.1, 0.15) is 11.2 Å². The largest absolute Gasteiger partial charge is 0.455 e. The molecule has 1 aliphatic carbocycles. The summed E-state index contributed by atoms with van der Waals surface area (Å²) in [6.45, 7) is 6.68. The average molecular weight is 474 g/mol. The van der Waals surface area contributed by atoms with Gasteiger partial charge in [0, 0.05) is 26.5 Å². The Morgan fingerprint density at radius 3 is 2.50 bits per heavy atom. The predicted octanol–water partition coefficient (Wildman–Crippen LogP) is 9.01. The zero-order valence-corrected chi connectivity index (χ0v) is 21.1. The van der Waals surface area contributed by atoms with Crippen molar-refractivity contribution in [2.45, 2.75) is 58.2 Å². The number of furan rings is 1. The smallest absolute Gasteiger partial charge is 0.163 e. The minimum Gasteiger partial charge on any atom is -0.455 e. The van der Waals surface area contributed by atoms with Gasteiger partial charge in [-0.1, -0.05) is 70.2 Å². The highest BCUT2D eigenvalue weighted by Crippen LogP contribution is 2.46. The summed E-state index contributed by atoms with van der Waals surface area (Å²) in [6.07, 6.45) is 4.09. The minimum atomic E-state index is -2.30. The first-order valence-corrected chi connectivity index (χ1v) is 12.6. The number of hydrogen-bond donors (Lipinski definition) is 0. The number of nitrogens with zero attached hydrogens (tertiary/aromatic N) is 2. The Labute approximate surface area is 215 Å². The summed E-state index contributed by atoms with van der Waals surface area (Å²) in [6, 6.07) is 20.1. The lowest BCUT2D eigenvalue weighted by Gasteiger charge is -2.40. The standard InChI is InChI=1S/C33H30N2O/c1-19-10-13-23(31-34-18-26-30(35-31)33(4,5)15-14-32(26,2)3)29-28(19)25-16-21-12-11-20-8-6-7-9-22(20)24(21)17-27(25)36-29/h6-13,16-18H,14-15H2,1-5H3/i1D3. The van der Waals surface area contributed by atoms with E-state index in [9.17, 15) is 0 Å². The van der Waals surface area contributed by atoms with Gasteiger partial charge < -0.3 is 4.42 Å². The van der Waals surface area contributed by atoms with E-state index in [1.807, 2.05) is 30.5 Å². The zero-order valence-electron chi connectivity index (χ0n) is 24.1. The Morgan fingerprint density at radius 2 is 1.64 bits per heavy atom. The Bertz CT molecular complexity index is 1960. The quantitative estimate of drug-likeness (QED) is 0.224. The number of aromatic nitrogens is 2. The van der Waals surface area contributed by atoms with Gasteiger partial charge in [0.15, 0.2) is 5.82 Å². The maximum Gasteiger partial charge on any atom is 0.163 e. The lowest BCUT2D eigenvalue weighted by atomic mass is 9.66. The zero-order chi connectivity index (χ0) is 27.3. The third-order valence-corrected chi connectivity index (χ3v) is 8.26. The van der Waals surface area contributed by atoms with Crippen LogP contribution in [0.15, 0.2) is 71.3 Å². The van der Waals surface area contributed by atoms with Crippen molar-refractivity contribution in [3.8, 4) is 11.4 Å². The van der Waals surface area contributed by atoms with E-state index in [-0.39, 0.29) is 16.4 Å². The van der Waals surface area contributed by atoms with Crippen LogP contribution in [-0.4, -0.2) is 9.97 Å². The van der Waals surface area contributed by atoms with E-state index in [4.69, 9.17) is 18.5 Å². The first-order valence-electron chi connectivity index (χ1n) is 14.1. The molecule has 3 nitrogen and oxygen atoms in total. The van der Waals surface area contributed by atoms with Crippen LogP contribution in [0.4, 0.5) is 0 Å². The van der Waals surface area contributed by atoms with Crippen LogP contribution in [0.2, 0.25) is 0 Å². The molecule has 2 heterocycles. The van der Waals surface area contributed by atoms with Crippen molar-refractivity contribution >= 4 is 43.5 Å². The van der Waals surface area contributed by atoms with E-state index in [0.717, 1.165) is 45.5 Å². The van der Waals surface area contributed by atoms with Crippen LogP contribution >= 0.6 is 0 Å². The Morgan fingerprint density at radius 1 is 0.833 bits per heavy atom. The lowest BCUT2D eigenvalue weighted by molar-refractivity contribution is 0.322. The molecule has 0 saturated heterocycles. The van der Waals surface area contributed by atoms with Gasteiger partial charge in [0.2, 0.25) is 0 Å². The first kappa shape index (κ1) is 18.5. The van der Waals surface area contributed by atoms with Crippen molar-refractivity contribution in [1.29, 1.82) is 0 Å². The molecule has 0 radical (unpaired) electrons. The first-order chi connectivity index (χ1) is 18.4. The summed E-state index contributed by atoms with van der Waals surface area (Å²) in [4.78, 5) is 9.95. The summed E-state index contributed by atoms with van der Waals surface area (Å²) in [7, 11) is 0. The van der Waals surface area contributed by atoms with Crippen LogP contribution in [0.3, 0.4) is 0 Å². The van der Waals surface area contributed by atoms with Gasteiger partial charge >= 0.3 is 0 Å². The van der Waals surface area contributed by atoms with Crippen LogP contribution < -0.4 is 0 Å². The maximum absolute atomic E-state index is 8.30. The van der Waals surface area contributed by atoms with Gasteiger partial charge in [-0.2, -0.15) is 0 Å². The number of rotatable bonds is 1. The van der Waals surface area contributed by atoms with Crippen LogP contribution in [0.1, 0.15) is 61.5 Å². The number of hydrogen-bond acceptors (Lipinski definition) is 3. The van der Waals surface area contributed by atoms with Gasteiger partial charge in [0.05, 0.1) is 11.3 Å². The second-order valence-electron chi connectivity index (χ2n) is 11.5. The van der Waals surface area contributed by atoms with Crippen molar-refractivity contribution in [3.05, 3.63) is 83.7 Å². The molecule has 0 aliphatic heterocycles. The average Bonchev–Trinajstić information content (AvgIpc) is 3.27. The molecule has 178 valence electrons. The molecular formula is C33H30N2O. The molecule has 0 unspecified atom stereocenters. The fraction of sp³-hybridized carbons (Fsp3) is 0.273. The molecule has 0 amide bonds. The monoisotopic (exact) mass is 473 g/mol. The second kappa shape index (κ2) is 7.16. The van der Waals surface area contributed by atoms with Crippen molar-refractivity contribution in [2.24, 2.45) is 0 Å². The van der Waals surface area contributed by atoms with Crippen molar-refractivity contribution in [2.75, 3.05) is 0 Å². The van der Waals surface area contributed by atoms with Crippen molar-refractivity contribution in [3.63, 3.8) is 0 Å². The third-order valence-electron chi connectivity index (χ3n) is 8.26. The summed E-state index contributed by atoms with van der Waals surface area (Å²) >= 11 is 0. The second-order valence-corrected chi connectivity index (χ2v) is 11.5. The van der Waals surface area contributed by atoms with Gasteiger partial charge in [-0.3, -0.25) is 0 Å². The molecule has 4 aromatic carbocycles. The molecule has 0 fully saturated rings. The molecule has 3 heteroatoms. The van der Waals surface area contributed by atoms with Gasteiger partial charge in [-0.05, 0) is 76.0 Å². The van der Waals surface area contributed by atoms with Crippen LogP contribution in [-0.2, 0) is 10.8 Å². The number of fused-ring (bicyclic) bond motifs is 7. The summed E-state index contributed by atoms with van der Waals surface area (Å²) in [5, 5.41) is 5.80. The van der Waals surface area contributed by atoms with Gasteiger partial charge in [-0.25, -0.2) is 9.97 Å². The molecule has 0 N–H and O–H groups in total. The molecule has 2 aromatic heterocycles. The van der Waals surface area contributed by atoms with Gasteiger partial charge in [0.25, 0.3) is 0 Å². The van der Waals surface area contributed by atoms with E-state index in [2.05, 4.69) is 58.0 Å². The molecule has 1 aliphatic rings. The molecule has 0 bridgehead atoms. The summed E-state index contributed by atoms with van der Waals surface area (Å²) in [5.41, 5.74) is 4.34. The van der Waals surface area contributed by atoms with Crippen molar-refractivity contribution < 1.29 is 8.53 Å². The van der Waals surface area contributed by atoms with E-state index >= 15 is 0 Å². The predicted molar refractivity (Wildman–Crippen MR) is 150 cm³/mol. The summed E-state index contributed by atoms with van der Waals surface area (Å²) < 4.78 is 31.4. The van der Waals surface area contributed by atoms with E-state index in [0.29, 0.717) is 27.9 Å². The molecule has 7 rings (SSSR count). The number of benzene rings is 4. The normalized spacial score (nSPS) is 18.3. The van der Waals surface area contributed by atoms with E-state index < -0.39 is 6.85 Å².